The van der Waals surface area contributed by atoms with E-state index in [0.29, 0.717) is 24.9 Å². The standard InChI is InChI=1S/C17H14N2O4S3/c1-10-7-13(21)14(8-12(10)20)25-17-19-18-16(26-17)24-9-15(22)23-11-5-3-2-4-6-11/h2-8,20-21H,9H2,1H3. The van der Waals surface area contributed by atoms with Gasteiger partial charge < -0.3 is 14.9 Å². The Balaban J connectivity index is 1.56. The molecule has 0 radical (unpaired) electrons. The molecule has 3 rings (SSSR count). The number of aryl methyl sites for hydroxylation is 1. The van der Waals surface area contributed by atoms with Crippen molar-refractivity contribution in [3.63, 3.8) is 0 Å². The summed E-state index contributed by atoms with van der Waals surface area (Å²) >= 11 is 3.73. The van der Waals surface area contributed by atoms with Crippen LogP contribution in [-0.2, 0) is 4.79 Å². The number of hydrogen-bond acceptors (Lipinski definition) is 9. The predicted molar refractivity (Wildman–Crippen MR) is 101 cm³/mol. The minimum absolute atomic E-state index is 0.0705. The van der Waals surface area contributed by atoms with Crippen LogP contribution >= 0.6 is 34.9 Å². The minimum atomic E-state index is -0.369. The molecular weight excluding hydrogens is 392 g/mol. The fourth-order valence-corrected chi connectivity index (χ4v) is 4.70. The number of benzene rings is 2. The van der Waals surface area contributed by atoms with E-state index in [4.69, 9.17) is 4.74 Å². The molecule has 0 atom stereocenters. The van der Waals surface area contributed by atoms with Crippen LogP contribution in [-0.4, -0.2) is 32.1 Å². The van der Waals surface area contributed by atoms with Gasteiger partial charge in [0, 0.05) is 0 Å². The first-order chi connectivity index (χ1) is 12.5. The van der Waals surface area contributed by atoms with Gasteiger partial charge in [-0.1, -0.05) is 53.1 Å². The predicted octanol–water partition coefficient (Wildman–Crippen LogP) is 4.11. The van der Waals surface area contributed by atoms with Crippen molar-refractivity contribution in [1.82, 2.24) is 10.2 Å². The van der Waals surface area contributed by atoms with Crippen LogP contribution in [0.2, 0.25) is 0 Å². The summed E-state index contributed by atoms with van der Waals surface area (Å²) in [7, 11) is 0. The van der Waals surface area contributed by atoms with E-state index in [2.05, 4.69) is 10.2 Å². The van der Waals surface area contributed by atoms with Gasteiger partial charge in [-0.3, -0.25) is 4.79 Å². The Hall–Kier alpha value is -2.23. The molecule has 9 heteroatoms. The lowest BCUT2D eigenvalue weighted by molar-refractivity contribution is -0.131. The number of carbonyl (C=O) groups excluding carboxylic acids is 1. The van der Waals surface area contributed by atoms with Gasteiger partial charge in [-0.25, -0.2) is 0 Å². The Labute approximate surface area is 162 Å². The van der Waals surface area contributed by atoms with E-state index in [9.17, 15) is 15.0 Å². The molecule has 2 N–H and O–H groups in total. The molecule has 0 spiro atoms. The fraction of sp³-hybridized carbons (Fsp3) is 0.118. The molecule has 2 aromatic carbocycles. The lowest BCUT2D eigenvalue weighted by atomic mass is 10.2. The van der Waals surface area contributed by atoms with Gasteiger partial charge in [-0.05, 0) is 36.8 Å². The van der Waals surface area contributed by atoms with Crippen molar-refractivity contribution >= 4 is 40.8 Å². The van der Waals surface area contributed by atoms with Crippen LogP contribution in [0.1, 0.15) is 5.56 Å². The number of phenols is 2. The van der Waals surface area contributed by atoms with Gasteiger partial charge >= 0.3 is 5.97 Å². The maximum Gasteiger partial charge on any atom is 0.321 e. The SMILES string of the molecule is Cc1cc(O)c(Sc2nnc(SCC(=O)Oc3ccccc3)s2)cc1O. The Bertz CT molecular complexity index is 916. The number of aromatic nitrogens is 2. The van der Waals surface area contributed by atoms with Gasteiger partial charge in [-0.2, -0.15) is 0 Å². The maximum atomic E-state index is 11.8. The number of carbonyl (C=O) groups is 1. The molecule has 0 saturated heterocycles. The molecule has 0 saturated carbocycles. The summed E-state index contributed by atoms with van der Waals surface area (Å²) in [6, 6.07) is 11.8. The first-order valence-corrected chi connectivity index (χ1v) is 10.1. The molecule has 0 bridgehead atoms. The molecule has 0 fully saturated rings. The second-order valence-electron chi connectivity index (χ2n) is 5.12. The molecule has 0 aliphatic rings. The zero-order chi connectivity index (χ0) is 18.5. The highest BCUT2D eigenvalue weighted by atomic mass is 32.2. The van der Waals surface area contributed by atoms with Crippen LogP contribution in [0.25, 0.3) is 0 Å². The summed E-state index contributed by atoms with van der Waals surface area (Å²) in [5.74, 6) is 0.423. The van der Waals surface area contributed by atoms with Gasteiger partial charge in [0.05, 0.1) is 10.6 Å². The van der Waals surface area contributed by atoms with E-state index < -0.39 is 0 Å². The number of nitrogens with zero attached hydrogens (tertiary/aromatic N) is 2. The van der Waals surface area contributed by atoms with Gasteiger partial charge in [-0.15, -0.1) is 10.2 Å². The quantitative estimate of drug-likeness (QED) is 0.273. The minimum Gasteiger partial charge on any atom is -0.508 e. The third kappa shape index (κ3) is 4.90. The number of hydrogen-bond donors (Lipinski definition) is 2. The third-order valence-electron chi connectivity index (χ3n) is 3.15. The Morgan fingerprint density at radius 2 is 1.85 bits per heavy atom. The van der Waals surface area contributed by atoms with E-state index in [0.717, 1.165) is 0 Å². The molecular formula is C17H14N2O4S3. The van der Waals surface area contributed by atoms with Crippen LogP contribution in [0.4, 0.5) is 0 Å². The van der Waals surface area contributed by atoms with E-state index in [1.54, 1.807) is 31.2 Å². The summed E-state index contributed by atoms with van der Waals surface area (Å²) in [6.45, 7) is 1.71. The average Bonchev–Trinajstić information content (AvgIpc) is 3.06. The second kappa shape index (κ2) is 8.43. The van der Waals surface area contributed by atoms with Crippen molar-refractivity contribution in [2.24, 2.45) is 0 Å². The number of esters is 1. The average molecular weight is 407 g/mol. The summed E-state index contributed by atoms with van der Waals surface area (Å²) in [5.41, 5.74) is 0.595. The third-order valence-corrected chi connectivity index (χ3v) is 6.28. The van der Waals surface area contributed by atoms with Gasteiger partial charge in [0.25, 0.3) is 0 Å². The van der Waals surface area contributed by atoms with Gasteiger partial charge in [0.15, 0.2) is 8.68 Å². The monoisotopic (exact) mass is 406 g/mol. The lowest BCUT2D eigenvalue weighted by Crippen LogP contribution is -2.10. The molecule has 26 heavy (non-hydrogen) atoms. The molecule has 134 valence electrons. The summed E-state index contributed by atoms with van der Waals surface area (Å²) in [4.78, 5) is 12.3. The number of thioether (sulfide) groups is 1. The smallest absolute Gasteiger partial charge is 0.321 e. The van der Waals surface area contributed by atoms with Crippen LogP contribution in [0.3, 0.4) is 0 Å². The fourth-order valence-electron chi connectivity index (χ4n) is 1.90. The van der Waals surface area contributed by atoms with E-state index >= 15 is 0 Å². The highest BCUT2D eigenvalue weighted by Crippen LogP contribution is 2.40. The van der Waals surface area contributed by atoms with E-state index in [-0.39, 0.29) is 23.2 Å². The summed E-state index contributed by atoms with van der Waals surface area (Å²) in [6.07, 6.45) is 0. The van der Waals surface area contributed by atoms with E-state index in [1.165, 1.54) is 47.0 Å². The zero-order valence-electron chi connectivity index (χ0n) is 13.6. The first-order valence-electron chi connectivity index (χ1n) is 7.44. The Kier molecular flexibility index (Phi) is 6.02. The molecule has 0 aliphatic heterocycles. The van der Waals surface area contributed by atoms with Crippen LogP contribution < -0.4 is 4.74 Å². The number of para-hydroxylation sites is 1. The van der Waals surface area contributed by atoms with E-state index in [1.807, 2.05) is 6.07 Å². The van der Waals surface area contributed by atoms with Crippen molar-refractivity contribution in [1.29, 1.82) is 0 Å². The van der Waals surface area contributed by atoms with Gasteiger partial charge in [0.1, 0.15) is 17.2 Å². The molecule has 0 aliphatic carbocycles. The molecule has 3 aromatic rings. The molecule has 1 aromatic heterocycles. The Morgan fingerprint density at radius 3 is 2.62 bits per heavy atom. The van der Waals surface area contributed by atoms with Crippen molar-refractivity contribution in [2.45, 2.75) is 20.5 Å². The first kappa shape index (κ1) is 18.6. The molecule has 0 unspecified atom stereocenters. The van der Waals surface area contributed by atoms with Crippen LogP contribution in [0.15, 0.2) is 56.0 Å². The number of phenolic OH excluding ortho intramolecular Hbond substituents is 2. The highest BCUT2D eigenvalue weighted by molar-refractivity contribution is 8.03. The topological polar surface area (TPSA) is 92.5 Å². The highest BCUT2D eigenvalue weighted by Gasteiger charge is 2.13. The number of ether oxygens (including phenoxy) is 1. The molecule has 0 amide bonds. The summed E-state index contributed by atoms with van der Waals surface area (Å²) < 4.78 is 6.43. The van der Waals surface area contributed by atoms with Crippen molar-refractivity contribution in [2.75, 3.05) is 5.75 Å². The van der Waals surface area contributed by atoms with Crippen molar-refractivity contribution in [3.05, 3.63) is 48.0 Å². The maximum absolute atomic E-state index is 11.8. The molecule has 1 heterocycles. The normalized spacial score (nSPS) is 10.7. The van der Waals surface area contributed by atoms with Gasteiger partial charge in [0.2, 0.25) is 0 Å². The Morgan fingerprint density at radius 1 is 1.12 bits per heavy atom. The van der Waals surface area contributed by atoms with Crippen LogP contribution in [0, 0.1) is 6.92 Å². The van der Waals surface area contributed by atoms with Crippen molar-refractivity contribution in [3.8, 4) is 17.2 Å². The number of aromatic hydroxyl groups is 2. The van der Waals surface area contributed by atoms with Crippen molar-refractivity contribution < 1.29 is 19.7 Å². The lowest BCUT2D eigenvalue weighted by Gasteiger charge is -2.04. The molecule has 6 nitrogen and oxygen atoms in total. The largest absolute Gasteiger partial charge is 0.508 e. The van der Waals surface area contributed by atoms with Crippen LogP contribution in [0.5, 0.6) is 17.2 Å². The summed E-state index contributed by atoms with van der Waals surface area (Å²) in [5, 5.41) is 27.8. The second-order valence-corrected chi connectivity index (χ2v) is 8.61. The number of rotatable bonds is 6. The zero-order valence-corrected chi connectivity index (χ0v) is 16.0.